The van der Waals surface area contributed by atoms with Crippen molar-refractivity contribution in [1.29, 1.82) is 0 Å². The average Bonchev–Trinajstić information content (AvgIpc) is 2.29. The quantitative estimate of drug-likeness (QED) is 0.781. The molecule has 82 valence electrons. The third-order valence-corrected chi connectivity index (χ3v) is 3.41. The van der Waals surface area contributed by atoms with Crippen molar-refractivity contribution in [2.75, 3.05) is 0 Å². The maximum absolute atomic E-state index is 11.5. The predicted octanol–water partition coefficient (Wildman–Crippen LogP) is 2.12. The van der Waals surface area contributed by atoms with Crippen molar-refractivity contribution < 1.29 is 9.46 Å². The van der Waals surface area contributed by atoms with E-state index < -0.39 is 7.52 Å². The molecule has 0 spiro atoms. The Balaban J connectivity index is 2.63. The van der Waals surface area contributed by atoms with Crippen LogP contribution in [0.15, 0.2) is 54.6 Å². The van der Waals surface area contributed by atoms with Crippen molar-refractivity contribution in [2.45, 2.75) is 0 Å². The maximum Gasteiger partial charge on any atom is 0.295 e. The second kappa shape index (κ2) is 4.22. The predicted molar refractivity (Wildman–Crippen MR) is 65.5 cm³/mol. The molecule has 4 heteroatoms. The molecule has 0 saturated carbocycles. The molecular formula is C12H12NO2P. The Morgan fingerprint density at radius 2 is 1.50 bits per heavy atom. The first-order chi connectivity index (χ1) is 7.59. The van der Waals surface area contributed by atoms with Crippen LogP contribution in [-0.2, 0) is 4.57 Å². The normalized spacial score (nSPS) is 14.4. The summed E-state index contributed by atoms with van der Waals surface area (Å²) in [7, 11) is -3.72. The molecule has 3 nitrogen and oxygen atoms in total. The molecule has 1 unspecified atom stereocenters. The van der Waals surface area contributed by atoms with E-state index in [0.29, 0.717) is 10.9 Å². The Hall–Kier alpha value is -1.41. The van der Waals surface area contributed by atoms with Gasteiger partial charge in [-0.05, 0) is 17.2 Å². The Labute approximate surface area is 94.1 Å². The van der Waals surface area contributed by atoms with Crippen molar-refractivity contribution in [3.63, 3.8) is 0 Å². The van der Waals surface area contributed by atoms with Crippen molar-refractivity contribution in [2.24, 2.45) is 5.50 Å². The van der Waals surface area contributed by atoms with Crippen molar-refractivity contribution in [3.05, 3.63) is 54.6 Å². The molecule has 2 aromatic rings. The van der Waals surface area contributed by atoms with E-state index in [-0.39, 0.29) is 0 Å². The van der Waals surface area contributed by atoms with Gasteiger partial charge in [-0.25, -0.2) is 0 Å². The number of benzene rings is 2. The van der Waals surface area contributed by atoms with Crippen LogP contribution in [0.25, 0.3) is 11.1 Å². The highest BCUT2D eigenvalue weighted by molar-refractivity contribution is 7.64. The fourth-order valence-electron chi connectivity index (χ4n) is 1.61. The largest absolute Gasteiger partial charge is 0.330 e. The Morgan fingerprint density at radius 1 is 0.938 bits per heavy atom. The third-order valence-electron chi connectivity index (χ3n) is 2.33. The van der Waals surface area contributed by atoms with Gasteiger partial charge < -0.3 is 4.89 Å². The van der Waals surface area contributed by atoms with Gasteiger partial charge in [-0.1, -0.05) is 48.5 Å². The van der Waals surface area contributed by atoms with Gasteiger partial charge in [-0.15, -0.1) is 0 Å². The third kappa shape index (κ3) is 2.22. The van der Waals surface area contributed by atoms with Crippen LogP contribution in [0.4, 0.5) is 0 Å². The highest BCUT2D eigenvalue weighted by Gasteiger charge is 2.19. The van der Waals surface area contributed by atoms with E-state index in [1.165, 1.54) is 0 Å². The van der Waals surface area contributed by atoms with E-state index >= 15 is 0 Å². The van der Waals surface area contributed by atoms with Crippen molar-refractivity contribution in [1.82, 2.24) is 0 Å². The number of hydrogen-bond acceptors (Lipinski definition) is 1. The fourth-order valence-corrected chi connectivity index (χ4v) is 2.46. The van der Waals surface area contributed by atoms with Gasteiger partial charge in [0.15, 0.2) is 0 Å². The van der Waals surface area contributed by atoms with Gasteiger partial charge in [0.05, 0.1) is 5.30 Å². The van der Waals surface area contributed by atoms with Crippen LogP contribution in [0.2, 0.25) is 0 Å². The highest BCUT2D eigenvalue weighted by atomic mass is 31.2. The zero-order valence-corrected chi connectivity index (χ0v) is 9.47. The maximum atomic E-state index is 11.5. The number of nitrogens with two attached hydrogens (primary N) is 1. The summed E-state index contributed by atoms with van der Waals surface area (Å²) in [6, 6.07) is 16.3. The van der Waals surface area contributed by atoms with Gasteiger partial charge in [-0.2, -0.15) is 0 Å². The lowest BCUT2D eigenvalue weighted by Crippen LogP contribution is -2.13. The number of rotatable bonds is 2. The molecule has 2 aromatic carbocycles. The summed E-state index contributed by atoms with van der Waals surface area (Å²) >= 11 is 0. The Kier molecular flexibility index (Phi) is 2.92. The summed E-state index contributed by atoms with van der Waals surface area (Å²) in [5, 5.41) is 0.293. The molecule has 16 heavy (non-hydrogen) atoms. The van der Waals surface area contributed by atoms with E-state index in [0.717, 1.165) is 5.56 Å². The molecule has 0 heterocycles. The molecule has 0 aromatic heterocycles. The minimum Gasteiger partial charge on any atom is -0.330 e. The summed E-state index contributed by atoms with van der Waals surface area (Å²) in [5.74, 6) is 0. The van der Waals surface area contributed by atoms with Crippen LogP contribution in [0.5, 0.6) is 0 Å². The number of hydrogen-bond donors (Lipinski definition) is 2. The highest BCUT2D eigenvalue weighted by Crippen LogP contribution is 2.34. The topological polar surface area (TPSA) is 63.3 Å². The second-order valence-electron chi connectivity index (χ2n) is 3.51. The molecule has 3 N–H and O–H groups in total. The lowest BCUT2D eigenvalue weighted by atomic mass is 10.1. The zero-order valence-electron chi connectivity index (χ0n) is 8.58. The summed E-state index contributed by atoms with van der Waals surface area (Å²) in [6.07, 6.45) is 0. The first-order valence-corrected chi connectivity index (χ1v) is 6.58. The second-order valence-corrected chi connectivity index (χ2v) is 5.23. The molecule has 0 saturated heterocycles. The zero-order chi connectivity index (χ0) is 11.6. The van der Waals surface area contributed by atoms with Gasteiger partial charge in [-0.3, -0.25) is 10.1 Å². The molecule has 0 fully saturated rings. The van der Waals surface area contributed by atoms with Crippen molar-refractivity contribution >= 4 is 12.8 Å². The molecule has 0 aliphatic carbocycles. The van der Waals surface area contributed by atoms with Gasteiger partial charge >= 0.3 is 0 Å². The van der Waals surface area contributed by atoms with Gasteiger partial charge in [0.25, 0.3) is 7.52 Å². The van der Waals surface area contributed by atoms with E-state index in [9.17, 15) is 9.46 Å². The molecule has 0 aliphatic rings. The molecule has 0 amide bonds. The molecule has 0 radical (unpaired) electrons. The Morgan fingerprint density at radius 3 is 2.12 bits per heavy atom. The van der Waals surface area contributed by atoms with E-state index in [2.05, 4.69) is 0 Å². The van der Waals surface area contributed by atoms with Crippen LogP contribution in [0.3, 0.4) is 0 Å². The minimum atomic E-state index is -3.72. The fraction of sp³-hybridized carbons (Fsp3) is 0. The van der Waals surface area contributed by atoms with Crippen LogP contribution < -0.4 is 10.8 Å². The molecule has 1 atom stereocenters. The molecule has 0 aliphatic heterocycles. The van der Waals surface area contributed by atoms with Crippen LogP contribution in [0.1, 0.15) is 0 Å². The Bertz CT molecular complexity index is 534. The van der Waals surface area contributed by atoms with Gasteiger partial charge in [0.2, 0.25) is 0 Å². The van der Waals surface area contributed by atoms with Gasteiger partial charge in [0.1, 0.15) is 0 Å². The van der Waals surface area contributed by atoms with Crippen LogP contribution in [-0.4, -0.2) is 4.89 Å². The van der Waals surface area contributed by atoms with Crippen LogP contribution in [0, 0.1) is 0 Å². The van der Waals surface area contributed by atoms with E-state index in [1.807, 2.05) is 36.4 Å². The average molecular weight is 233 g/mol. The van der Waals surface area contributed by atoms with Gasteiger partial charge in [0, 0.05) is 0 Å². The van der Waals surface area contributed by atoms with Crippen molar-refractivity contribution in [3.8, 4) is 11.1 Å². The SMILES string of the molecule is NP(=O)(O)c1ccccc1-c1ccccc1. The standard InChI is InChI=1S/C12H12NO2P/c13-16(14,15)12-9-5-4-8-11(12)10-6-2-1-3-7-10/h1-9H,(H3,13,14,15). The van der Waals surface area contributed by atoms with Crippen LogP contribution >= 0.6 is 7.52 Å². The van der Waals surface area contributed by atoms with E-state index in [1.54, 1.807) is 18.2 Å². The lowest BCUT2D eigenvalue weighted by Gasteiger charge is -2.11. The summed E-state index contributed by atoms with van der Waals surface area (Å²) in [5.41, 5.74) is 6.90. The molecule has 2 rings (SSSR count). The summed E-state index contributed by atoms with van der Waals surface area (Å²) in [4.78, 5) is 9.46. The minimum absolute atomic E-state index is 0.293. The lowest BCUT2D eigenvalue weighted by molar-refractivity contribution is 0.491. The van der Waals surface area contributed by atoms with E-state index in [4.69, 9.17) is 5.50 Å². The summed E-state index contributed by atoms with van der Waals surface area (Å²) < 4.78 is 11.5. The first-order valence-electron chi connectivity index (χ1n) is 4.85. The molecular weight excluding hydrogens is 221 g/mol. The monoisotopic (exact) mass is 233 g/mol. The first kappa shape index (κ1) is 11.1. The summed E-state index contributed by atoms with van der Waals surface area (Å²) in [6.45, 7) is 0. The smallest absolute Gasteiger partial charge is 0.295 e. The molecule has 0 bridgehead atoms.